The fraction of sp³-hybridized carbons (Fsp3) is 0.500. The third-order valence-corrected chi connectivity index (χ3v) is 3.36. The summed E-state index contributed by atoms with van der Waals surface area (Å²) in [6, 6.07) is 8.32. The molecule has 1 rings (SSSR count). The van der Waals surface area contributed by atoms with Gasteiger partial charge in [0.1, 0.15) is 5.75 Å². The van der Waals surface area contributed by atoms with Crippen molar-refractivity contribution in [3.63, 3.8) is 0 Å². The Morgan fingerprint density at radius 2 is 2.18 bits per heavy atom. The smallest absolute Gasteiger partial charge is 0.119 e. The molecule has 1 aromatic rings. The van der Waals surface area contributed by atoms with E-state index in [1.54, 1.807) is 7.11 Å². The normalized spacial score (nSPS) is 14.1. The molecule has 0 fully saturated rings. The highest BCUT2D eigenvalue weighted by molar-refractivity contribution is 5.33. The maximum absolute atomic E-state index is 5.28. The lowest BCUT2D eigenvalue weighted by Gasteiger charge is -2.21. The number of benzene rings is 1. The summed E-state index contributed by atoms with van der Waals surface area (Å²) in [6.45, 7) is 8.53. The van der Waals surface area contributed by atoms with Crippen LogP contribution in [0.15, 0.2) is 36.9 Å². The van der Waals surface area contributed by atoms with Crippen LogP contribution in [0.1, 0.15) is 44.6 Å². The van der Waals surface area contributed by atoms with Crippen LogP contribution in [0.4, 0.5) is 0 Å². The van der Waals surface area contributed by atoms with E-state index >= 15 is 0 Å². The van der Waals surface area contributed by atoms with Gasteiger partial charge >= 0.3 is 0 Å². The van der Waals surface area contributed by atoms with Crippen molar-refractivity contribution in [2.45, 2.75) is 39.0 Å². The van der Waals surface area contributed by atoms with Crippen molar-refractivity contribution < 1.29 is 4.74 Å². The van der Waals surface area contributed by atoms with Gasteiger partial charge < -0.3 is 4.74 Å². The minimum absolute atomic E-state index is 0.427. The third kappa shape index (κ3) is 3.92. The van der Waals surface area contributed by atoms with Crippen LogP contribution < -0.4 is 4.74 Å². The number of allylic oxidation sites excluding steroid dienone is 1. The Bertz CT molecular complexity index is 343. The average Bonchev–Trinajstić information content (AvgIpc) is 2.37. The second-order valence-corrected chi connectivity index (χ2v) is 4.66. The zero-order valence-corrected chi connectivity index (χ0v) is 11.3. The highest BCUT2D eigenvalue weighted by Gasteiger charge is 2.16. The van der Waals surface area contributed by atoms with Gasteiger partial charge in [-0.25, -0.2) is 0 Å². The van der Waals surface area contributed by atoms with Gasteiger partial charge in [-0.3, -0.25) is 0 Å². The first-order chi connectivity index (χ1) is 8.22. The van der Waals surface area contributed by atoms with Crippen LogP contribution in [-0.2, 0) is 0 Å². The molecule has 0 saturated carbocycles. The Morgan fingerprint density at radius 3 is 2.76 bits per heavy atom. The molecule has 17 heavy (non-hydrogen) atoms. The predicted octanol–water partition coefficient (Wildman–Crippen LogP) is 4.79. The van der Waals surface area contributed by atoms with Crippen LogP contribution in [0.5, 0.6) is 5.75 Å². The van der Waals surface area contributed by atoms with Gasteiger partial charge in [-0.2, -0.15) is 0 Å². The fourth-order valence-electron chi connectivity index (χ4n) is 2.25. The lowest BCUT2D eigenvalue weighted by Crippen LogP contribution is -2.07. The van der Waals surface area contributed by atoms with Gasteiger partial charge in [-0.1, -0.05) is 44.9 Å². The average molecular weight is 232 g/mol. The highest BCUT2D eigenvalue weighted by atomic mass is 16.5. The summed E-state index contributed by atoms with van der Waals surface area (Å²) in [5.41, 5.74) is 1.31. The molecule has 0 amide bonds. The molecule has 1 nitrogen and oxygen atoms in total. The molecule has 0 spiro atoms. The van der Waals surface area contributed by atoms with E-state index in [2.05, 4.69) is 44.7 Å². The van der Waals surface area contributed by atoms with E-state index in [-0.39, 0.29) is 0 Å². The second-order valence-electron chi connectivity index (χ2n) is 4.66. The number of unbranched alkanes of at least 4 members (excludes halogenated alkanes) is 1. The van der Waals surface area contributed by atoms with E-state index in [1.807, 2.05) is 6.07 Å². The summed E-state index contributed by atoms with van der Waals surface area (Å²) >= 11 is 0. The van der Waals surface area contributed by atoms with Crippen LogP contribution in [0.2, 0.25) is 0 Å². The molecule has 0 bridgehead atoms. The lowest BCUT2D eigenvalue weighted by atomic mass is 9.84. The Balaban J connectivity index is 2.81. The molecule has 0 radical (unpaired) electrons. The summed E-state index contributed by atoms with van der Waals surface area (Å²) < 4.78 is 5.28. The largest absolute Gasteiger partial charge is 0.497 e. The van der Waals surface area contributed by atoms with Gasteiger partial charge in [0.25, 0.3) is 0 Å². The summed E-state index contributed by atoms with van der Waals surface area (Å²) in [6.07, 6.45) is 5.86. The molecule has 1 heteroatoms. The zero-order chi connectivity index (χ0) is 12.7. The van der Waals surface area contributed by atoms with E-state index in [9.17, 15) is 0 Å². The van der Waals surface area contributed by atoms with Crippen LogP contribution in [0, 0.1) is 5.92 Å². The number of rotatable bonds is 7. The molecular weight excluding hydrogens is 208 g/mol. The highest BCUT2D eigenvalue weighted by Crippen LogP contribution is 2.31. The van der Waals surface area contributed by atoms with Crippen molar-refractivity contribution in [1.29, 1.82) is 0 Å². The van der Waals surface area contributed by atoms with E-state index in [4.69, 9.17) is 4.74 Å². The quantitative estimate of drug-likeness (QED) is 0.614. The lowest BCUT2D eigenvalue weighted by molar-refractivity contribution is 0.412. The molecule has 0 aliphatic rings. The first-order valence-electron chi connectivity index (χ1n) is 6.49. The maximum Gasteiger partial charge on any atom is 0.119 e. The SMILES string of the molecule is C=C[C@@H](c1cccc(OC)c1)[C@@H](C)CCCC. The second kappa shape index (κ2) is 7.16. The van der Waals surface area contributed by atoms with Gasteiger partial charge in [0, 0.05) is 5.92 Å². The molecule has 0 aromatic heterocycles. The summed E-state index contributed by atoms with van der Waals surface area (Å²) in [5.74, 6) is 1.99. The Labute approximate surface area is 106 Å². The van der Waals surface area contributed by atoms with E-state index in [1.165, 1.54) is 24.8 Å². The van der Waals surface area contributed by atoms with E-state index in [0.717, 1.165) is 5.75 Å². The predicted molar refractivity (Wildman–Crippen MR) is 74.6 cm³/mol. The minimum atomic E-state index is 0.427. The number of methoxy groups -OCH3 is 1. The molecular formula is C16H24O. The Hall–Kier alpha value is -1.24. The molecule has 0 unspecified atom stereocenters. The standard InChI is InChI=1S/C16H24O/c1-5-7-9-13(3)16(6-2)14-10-8-11-15(12-14)17-4/h6,8,10-13,16H,2,5,7,9H2,1,3-4H3/t13-,16+/m0/s1. The molecule has 2 atom stereocenters. The van der Waals surface area contributed by atoms with Crippen molar-refractivity contribution in [1.82, 2.24) is 0 Å². The number of hydrogen-bond donors (Lipinski definition) is 0. The molecule has 0 N–H and O–H groups in total. The molecule has 0 aliphatic heterocycles. The van der Waals surface area contributed by atoms with Gasteiger partial charge in [0.15, 0.2) is 0 Å². The first-order valence-corrected chi connectivity index (χ1v) is 6.49. The number of ether oxygens (including phenoxy) is 1. The monoisotopic (exact) mass is 232 g/mol. The summed E-state index contributed by atoms with van der Waals surface area (Å²) in [7, 11) is 1.71. The van der Waals surface area contributed by atoms with Crippen LogP contribution in [0.25, 0.3) is 0 Å². The summed E-state index contributed by atoms with van der Waals surface area (Å²) in [5, 5.41) is 0. The van der Waals surface area contributed by atoms with Gasteiger partial charge in [0.2, 0.25) is 0 Å². The maximum atomic E-state index is 5.28. The fourth-order valence-corrected chi connectivity index (χ4v) is 2.25. The van der Waals surface area contributed by atoms with Crippen LogP contribution in [-0.4, -0.2) is 7.11 Å². The Morgan fingerprint density at radius 1 is 1.41 bits per heavy atom. The van der Waals surface area contributed by atoms with Crippen LogP contribution in [0.3, 0.4) is 0 Å². The van der Waals surface area contributed by atoms with Crippen LogP contribution >= 0.6 is 0 Å². The topological polar surface area (TPSA) is 9.23 Å². The van der Waals surface area contributed by atoms with Crippen molar-refractivity contribution >= 4 is 0 Å². The summed E-state index contributed by atoms with van der Waals surface area (Å²) in [4.78, 5) is 0. The van der Waals surface area contributed by atoms with Crippen molar-refractivity contribution in [3.8, 4) is 5.75 Å². The van der Waals surface area contributed by atoms with E-state index < -0.39 is 0 Å². The van der Waals surface area contributed by atoms with E-state index in [0.29, 0.717) is 11.8 Å². The third-order valence-electron chi connectivity index (χ3n) is 3.36. The first kappa shape index (κ1) is 13.8. The zero-order valence-electron chi connectivity index (χ0n) is 11.3. The number of hydrogen-bond acceptors (Lipinski definition) is 1. The van der Waals surface area contributed by atoms with Gasteiger partial charge in [-0.15, -0.1) is 6.58 Å². The van der Waals surface area contributed by atoms with Crippen molar-refractivity contribution in [2.75, 3.05) is 7.11 Å². The van der Waals surface area contributed by atoms with Crippen molar-refractivity contribution in [3.05, 3.63) is 42.5 Å². The molecule has 1 aromatic carbocycles. The van der Waals surface area contributed by atoms with Crippen molar-refractivity contribution in [2.24, 2.45) is 5.92 Å². The van der Waals surface area contributed by atoms with Gasteiger partial charge in [-0.05, 0) is 30.0 Å². The molecule has 0 heterocycles. The molecule has 94 valence electrons. The molecule has 0 saturated heterocycles. The van der Waals surface area contributed by atoms with Gasteiger partial charge in [0.05, 0.1) is 7.11 Å². The Kier molecular flexibility index (Phi) is 5.82. The minimum Gasteiger partial charge on any atom is -0.497 e. The molecule has 0 aliphatic carbocycles.